The van der Waals surface area contributed by atoms with Crippen LogP contribution in [0.5, 0.6) is 5.75 Å². The highest BCUT2D eigenvalue weighted by atomic mass is 16.5. The molecule has 0 aliphatic carbocycles. The fraction of sp³-hybridized carbons (Fsp3) is 0.444. The van der Waals surface area contributed by atoms with Crippen LogP contribution >= 0.6 is 0 Å². The normalized spacial score (nSPS) is 17.8. The second-order valence-corrected chi connectivity index (χ2v) is 5.99. The van der Waals surface area contributed by atoms with Gasteiger partial charge in [0.1, 0.15) is 25.0 Å². The maximum atomic E-state index is 10.1. The van der Waals surface area contributed by atoms with Gasteiger partial charge in [-0.3, -0.25) is 0 Å². The number of nitrogens with one attached hydrogen (secondary N) is 1. The Hall–Kier alpha value is -1.58. The Morgan fingerprint density at radius 3 is 2.57 bits per heavy atom. The van der Waals surface area contributed by atoms with Crippen LogP contribution in [-0.2, 0) is 0 Å². The van der Waals surface area contributed by atoms with Gasteiger partial charge in [-0.15, -0.1) is 0 Å². The Labute approximate surface area is 126 Å². The Bertz CT molecular complexity index is 578. The molecule has 1 saturated heterocycles. The van der Waals surface area contributed by atoms with Crippen LogP contribution in [0.1, 0.15) is 19.3 Å². The summed E-state index contributed by atoms with van der Waals surface area (Å²) in [6.45, 7) is 3.55. The van der Waals surface area contributed by atoms with E-state index < -0.39 is 0 Å². The van der Waals surface area contributed by atoms with Crippen molar-refractivity contribution >= 4 is 10.8 Å². The maximum absolute atomic E-state index is 10.1. The van der Waals surface area contributed by atoms with Crippen molar-refractivity contribution in [3.05, 3.63) is 42.5 Å². The summed E-state index contributed by atoms with van der Waals surface area (Å²) >= 11 is 0. The molecule has 0 amide bonds. The molecule has 1 aliphatic heterocycles. The van der Waals surface area contributed by atoms with Crippen LogP contribution in [0, 0.1) is 0 Å². The summed E-state index contributed by atoms with van der Waals surface area (Å²) in [7, 11) is 0. The maximum Gasteiger partial charge on any atom is 0.137 e. The molecular weight excluding hydrogens is 262 g/mol. The molecule has 2 aromatic rings. The van der Waals surface area contributed by atoms with Gasteiger partial charge in [-0.05, 0) is 42.2 Å². The van der Waals surface area contributed by atoms with E-state index in [2.05, 4.69) is 18.2 Å². The third-order valence-corrected chi connectivity index (χ3v) is 4.25. The molecule has 1 fully saturated rings. The lowest BCUT2D eigenvalue weighted by Gasteiger charge is -2.25. The summed E-state index contributed by atoms with van der Waals surface area (Å²) in [4.78, 5) is 1.51. The zero-order chi connectivity index (χ0) is 14.5. The van der Waals surface area contributed by atoms with Gasteiger partial charge in [0.2, 0.25) is 0 Å². The van der Waals surface area contributed by atoms with E-state index in [-0.39, 0.29) is 6.10 Å². The largest absolute Gasteiger partial charge is 0.491 e. The zero-order valence-corrected chi connectivity index (χ0v) is 12.4. The number of quaternary nitrogens is 1. The van der Waals surface area contributed by atoms with Crippen molar-refractivity contribution in [2.24, 2.45) is 0 Å². The van der Waals surface area contributed by atoms with Crippen molar-refractivity contribution in [2.45, 2.75) is 25.4 Å². The molecule has 0 saturated carbocycles. The molecule has 0 unspecified atom stereocenters. The highest BCUT2D eigenvalue weighted by Gasteiger charge is 2.18. The van der Waals surface area contributed by atoms with E-state index in [1.165, 1.54) is 48.0 Å². The number of ether oxygens (including phenoxy) is 1. The number of hydrogen-bond acceptors (Lipinski definition) is 2. The van der Waals surface area contributed by atoms with Crippen LogP contribution in [0.25, 0.3) is 10.8 Å². The molecule has 3 heteroatoms. The number of likely N-dealkylation sites (tertiary alicyclic amines) is 1. The predicted octanol–water partition coefficient (Wildman–Crippen LogP) is 1.65. The van der Waals surface area contributed by atoms with Crippen LogP contribution in [-0.4, -0.2) is 37.5 Å². The lowest BCUT2D eigenvalue weighted by molar-refractivity contribution is -0.908. The van der Waals surface area contributed by atoms with Crippen molar-refractivity contribution in [1.29, 1.82) is 0 Å². The van der Waals surface area contributed by atoms with Gasteiger partial charge in [-0.2, -0.15) is 0 Å². The quantitative estimate of drug-likeness (QED) is 0.876. The second kappa shape index (κ2) is 6.92. The van der Waals surface area contributed by atoms with Gasteiger partial charge in [0.25, 0.3) is 0 Å². The van der Waals surface area contributed by atoms with Gasteiger partial charge in [0.15, 0.2) is 0 Å². The fourth-order valence-electron chi connectivity index (χ4n) is 3.10. The standard InChI is InChI=1S/C18H23NO2/c20-17(13-19-10-4-1-5-11-19)14-21-18-9-8-15-6-2-3-7-16(15)12-18/h2-3,6-9,12,17,20H,1,4-5,10-11,13-14H2/p+1/t17-/m1/s1. The van der Waals surface area contributed by atoms with Crippen LogP contribution in [0.3, 0.4) is 0 Å². The third kappa shape index (κ3) is 3.96. The number of aliphatic hydroxyl groups excluding tert-OH is 1. The number of fused-ring (bicyclic) bond motifs is 1. The molecule has 1 atom stereocenters. The molecule has 1 aliphatic rings. The molecule has 3 rings (SSSR count). The van der Waals surface area contributed by atoms with Gasteiger partial charge in [-0.25, -0.2) is 0 Å². The lowest BCUT2D eigenvalue weighted by Crippen LogP contribution is -3.14. The smallest absolute Gasteiger partial charge is 0.137 e. The number of aliphatic hydroxyl groups is 1. The summed E-state index contributed by atoms with van der Waals surface area (Å²) in [5.41, 5.74) is 0. The van der Waals surface area contributed by atoms with E-state index in [0.29, 0.717) is 6.61 Å². The first-order valence-electron chi connectivity index (χ1n) is 7.94. The minimum absolute atomic E-state index is 0.377. The van der Waals surface area contributed by atoms with Crippen molar-refractivity contribution < 1.29 is 14.7 Å². The highest BCUT2D eigenvalue weighted by molar-refractivity contribution is 5.83. The molecule has 0 radical (unpaired) electrons. The molecular formula is C18H24NO2+. The Morgan fingerprint density at radius 2 is 1.76 bits per heavy atom. The minimum Gasteiger partial charge on any atom is -0.491 e. The highest BCUT2D eigenvalue weighted by Crippen LogP contribution is 2.20. The SMILES string of the molecule is O[C@@H](COc1ccc2ccccc2c1)C[NH+]1CCCCC1. The van der Waals surface area contributed by atoms with E-state index in [1.54, 1.807) is 0 Å². The number of rotatable bonds is 5. The third-order valence-electron chi connectivity index (χ3n) is 4.25. The van der Waals surface area contributed by atoms with Crippen molar-refractivity contribution in [1.82, 2.24) is 0 Å². The van der Waals surface area contributed by atoms with Crippen molar-refractivity contribution in [2.75, 3.05) is 26.2 Å². The van der Waals surface area contributed by atoms with E-state index in [1.807, 2.05) is 24.3 Å². The molecule has 21 heavy (non-hydrogen) atoms. The van der Waals surface area contributed by atoms with Gasteiger partial charge in [0.05, 0.1) is 13.1 Å². The van der Waals surface area contributed by atoms with E-state index in [9.17, 15) is 5.11 Å². The molecule has 0 aromatic heterocycles. The first kappa shape index (κ1) is 14.4. The Morgan fingerprint density at radius 1 is 1.00 bits per heavy atom. The van der Waals surface area contributed by atoms with Crippen LogP contribution in [0.4, 0.5) is 0 Å². The van der Waals surface area contributed by atoms with Gasteiger partial charge in [0, 0.05) is 0 Å². The summed E-state index contributed by atoms with van der Waals surface area (Å²) < 4.78 is 5.75. The summed E-state index contributed by atoms with van der Waals surface area (Å²) in [6.07, 6.45) is 3.53. The molecule has 2 aromatic carbocycles. The topological polar surface area (TPSA) is 33.9 Å². The van der Waals surface area contributed by atoms with E-state index >= 15 is 0 Å². The monoisotopic (exact) mass is 286 g/mol. The van der Waals surface area contributed by atoms with Crippen molar-refractivity contribution in [3.8, 4) is 5.75 Å². The van der Waals surface area contributed by atoms with E-state index in [0.717, 1.165) is 12.3 Å². The first-order chi connectivity index (χ1) is 10.3. The molecule has 1 heterocycles. The number of piperidine rings is 1. The van der Waals surface area contributed by atoms with Crippen LogP contribution in [0.15, 0.2) is 42.5 Å². The lowest BCUT2D eigenvalue weighted by atomic mass is 10.1. The van der Waals surface area contributed by atoms with Gasteiger partial charge < -0.3 is 14.7 Å². The summed E-state index contributed by atoms with van der Waals surface area (Å²) in [5, 5.41) is 12.5. The zero-order valence-electron chi connectivity index (χ0n) is 12.4. The molecule has 112 valence electrons. The minimum atomic E-state index is -0.385. The van der Waals surface area contributed by atoms with Crippen LogP contribution in [0.2, 0.25) is 0 Å². The van der Waals surface area contributed by atoms with Crippen LogP contribution < -0.4 is 9.64 Å². The Kier molecular flexibility index (Phi) is 4.73. The number of benzene rings is 2. The molecule has 2 N–H and O–H groups in total. The first-order valence-corrected chi connectivity index (χ1v) is 7.94. The van der Waals surface area contributed by atoms with Gasteiger partial charge >= 0.3 is 0 Å². The van der Waals surface area contributed by atoms with Gasteiger partial charge in [-0.1, -0.05) is 30.3 Å². The molecule has 0 spiro atoms. The summed E-state index contributed by atoms with van der Waals surface area (Å²) in [6, 6.07) is 14.3. The molecule has 0 bridgehead atoms. The number of hydrogen-bond donors (Lipinski definition) is 2. The summed E-state index contributed by atoms with van der Waals surface area (Å²) in [5.74, 6) is 0.835. The van der Waals surface area contributed by atoms with Crippen molar-refractivity contribution in [3.63, 3.8) is 0 Å². The van der Waals surface area contributed by atoms with E-state index in [4.69, 9.17) is 4.74 Å². The fourth-order valence-corrected chi connectivity index (χ4v) is 3.10. The predicted molar refractivity (Wildman–Crippen MR) is 84.9 cm³/mol. The average Bonchev–Trinajstić information content (AvgIpc) is 2.54. The average molecular weight is 286 g/mol. The second-order valence-electron chi connectivity index (χ2n) is 5.99. The molecule has 3 nitrogen and oxygen atoms in total. The Balaban J connectivity index is 1.53.